The normalized spacial score (nSPS) is 29.6. The Hall–Kier alpha value is -2.65. The Morgan fingerprint density at radius 3 is 2.58 bits per heavy atom. The van der Waals surface area contributed by atoms with Crippen molar-refractivity contribution in [1.82, 2.24) is 15.8 Å². The van der Waals surface area contributed by atoms with Gasteiger partial charge in [0.15, 0.2) is 11.0 Å². The highest BCUT2D eigenvalue weighted by atomic mass is 35.5. The van der Waals surface area contributed by atoms with Gasteiger partial charge in [-0.2, -0.15) is 0 Å². The van der Waals surface area contributed by atoms with Crippen LogP contribution in [0.15, 0.2) is 10.6 Å². The van der Waals surface area contributed by atoms with E-state index in [1.54, 1.807) is 0 Å². The van der Waals surface area contributed by atoms with Gasteiger partial charge in [0.1, 0.15) is 5.02 Å². The van der Waals surface area contributed by atoms with Gasteiger partial charge in [0, 0.05) is 17.8 Å². The number of halogens is 1. The molecule has 3 aliphatic heterocycles. The average molecular weight is 445 g/mol. The largest absolute Gasteiger partial charge is 0.372 e. The summed E-state index contributed by atoms with van der Waals surface area (Å²) in [5.74, 6) is -0.880. The lowest BCUT2D eigenvalue weighted by Gasteiger charge is -2.55. The van der Waals surface area contributed by atoms with E-state index in [1.807, 2.05) is 24.8 Å². The lowest BCUT2D eigenvalue weighted by molar-refractivity contribution is -0.153. The number of ether oxygens (including phenoxy) is 1. The van der Waals surface area contributed by atoms with E-state index in [4.69, 9.17) is 20.9 Å². The van der Waals surface area contributed by atoms with Crippen molar-refractivity contribution in [3.05, 3.63) is 22.3 Å². The summed E-state index contributed by atoms with van der Waals surface area (Å²) in [5, 5.41) is 10.1. The number of hydrogen-bond acceptors (Lipinski definition) is 7. The Bertz CT molecular complexity index is 1150. The number of imide groups is 2. The minimum absolute atomic E-state index is 0.0987. The van der Waals surface area contributed by atoms with Gasteiger partial charge < -0.3 is 14.2 Å². The Labute approximate surface area is 182 Å². The van der Waals surface area contributed by atoms with Gasteiger partial charge in [-0.25, -0.2) is 4.79 Å². The van der Waals surface area contributed by atoms with E-state index < -0.39 is 35.4 Å². The second-order valence-corrected chi connectivity index (χ2v) is 9.43. The van der Waals surface area contributed by atoms with Crippen LogP contribution in [0.5, 0.6) is 0 Å². The topological polar surface area (TPSA) is 114 Å². The number of benzene rings is 1. The Kier molecular flexibility index (Phi) is 3.81. The summed E-state index contributed by atoms with van der Waals surface area (Å²) in [6, 6.07) is 0.504. The van der Waals surface area contributed by atoms with Crippen molar-refractivity contribution in [3.8, 4) is 0 Å². The van der Waals surface area contributed by atoms with E-state index >= 15 is 0 Å². The minimum atomic E-state index is -1.52. The van der Waals surface area contributed by atoms with Crippen LogP contribution in [0, 0.1) is 5.41 Å². The van der Waals surface area contributed by atoms with Crippen molar-refractivity contribution in [3.63, 3.8) is 0 Å². The highest BCUT2D eigenvalue weighted by molar-refractivity contribution is 6.38. The first-order valence-electron chi connectivity index (χ1n) is 10.5. The van der Waals surface area contributed by atoms with Gasteiger partial charge in [-0.3, -0.25) is 20.2 Å². The lowest BCUT2D eigenvalue weighted by atomic mass is 9.66. The minimum Gasteiger partial charge on any atom is -0.372 e. The van der Waals surface area contributed by atoms with E-state index in [-0.39, 0.29) is 12.5 Å². The van der Waals surface area contributed by atoms with Crippen LogP contribution in [0.1, 0.15) is 43.9 Å². The van der Waals surface area contributed by atoms with Crippen LogP contribution in [0.2, 0.25) is 5.02 Å². The number of nitrogens with zero attached hydrogens (tertiary/aromatic N) is 2. The van der Waals surface area contributed by atoms with Crippen molar-refractivity contribution in [2.45, 2.75) is 57.3 Å². The number of aromatic nitrogens is 1. The summed E-state index contributed by atoms with van der Waals surface area (Å²) >= 11 is 6.87. The molecule has 4 heterocycles. The van der Waals surface area contributed by atoms with Gasteiger partial charge >= 0.3 is 6.03 Å². The van der Waals surface area contributed by atoms with Crippen molar-refractivity contribution in [2.24, 2.45) is 5.41 Å². The molecule has 4 aliphatic rings. The Morgan fingerprint density at radius 1 is 1.19 bits per heavy atom. The first-order chi connectivity index (χ1) is 14.8. The molecule has 2 aromatic rings. The summed E-state index contributed by atoms with van der Waals surface area (Å²) in [6.07, 6.45) is 1.60. The zero-order valence-corrected chi connectivity index (χ0v) is 17.8. The van der Waals surface area contributed by atoms with E-state index in [0.717, 1.165) is 35.2 Å². The molecule has 2 saturated heterocycles. The number of fused-ring (bicyclic) bond motifs is 5. The predicted molar refractivity (Wildman–Crippen MR) is 110 cm³/mol. The molecule has 0 bridgehead atoms. The smallest absolute Gasteiger partial charge is 0.328 e. The van der Waals surface area contributed by atoms with Gasteiger partial charge in [-0.05, 0) is 44.7 Å². The standard InChI is InChI=1S/C21H21ClN4O5/c1-8-7-26-15-11(5-12-14(10-3-4-10)25-31-16(12)13(15)22)6-21(17(26)9(2)30-8)18(27)23-20(29)24-19(21)28/h5,8-10,17H,3-4,6-7H2,1-2H3,(H2,23,24,27,28,29)/t8-,9+,17-/m1/s1. The van der Waals surface area contributed by atoms with Crippen molar-refractivity contribution in [2.75, 3.05) is 11.4 Å². The molecule has 6 rings (SSSR count). The molecular formula is C21H21ClN4O5. The Balaban J connectivity index is 1.61. The lowest BCUT2D eigenvalue weighted by Crippen LogP contribution is -2.75. The molecule has 1 aromatic carbocycles. The highest BCUT2D eigenvalue weighted by Crippen LogP contribution is 2.52. The number of amides is 4. The highest BCUT2D eigenvalue weighted by Gasteiger charge is 2.63. The maximum atomic E-state index is 13.2. The number of urea groups is 1. The van der Waals surface area contributed by atoms with Crippen molar-refractivity contribution in [1.29, 1.82) is 0 Å². The molecule has 3 atom stereocenters. The number of nitrogens with one attached hydrogen (secondary N) is 2. The molecule has 1 aliphatic carbocycles. The monoisotopic (exact) mass is 444 g/mol. The van der Waals surface area contributed by atoms with Gasteiger partial charge in [-0.15, -0.1) is 0 Å². The zero-order chi connectivity index (χ0) is 21.7. The van der Waals surface area contributed by atoms with Crippen LogP contribution >= 0.6 is 11.6 Å². The zero-order valence-electron chi connectivity index (χ0n) is 17.0. The van der Waals surface area contributed by atoms with Crippen LogP contribution in [0.4, 0.5) is 10.5 Å². The third-order valence-corrected chi connectivity index (χ3v) is 7.31. The van der Waals surface area contributed by atoms with Crippen LogP contribution in [-0.2, 0) is 20.7 Å². The number of rotatable bonds is 1. The maximum Gasteiger partial charge on any atom is 0.328 e. The molecule has 10 heteroatoms. The van der Waals surface area contributed by atoms with Crippen LogP contribution < -0.4 is 15.5 Å². The maximum absolute atomic E-state index is 13.2. The summed E-state index contributed by atoms with van der Waals surface area (Å²) < 4.78 is 11.7. The first kappa shape index (κ1) is 19.1. The summed E-state index contributed by atoms with van der Waals surface area (Å²) in [6.45, 7) is 4.21. The number of carbonyl (C=O) groups excluding carboxylic acids is 3. The average Bonchev–Trinajstić information content (AvgIpc) is 3.44. The Morgan fingerprint density at radius 2 is 1.90 bits per heavy atom. The van der Waals surface area contributed by atoms with Crippen LogP contribution in [0.25, 0.3) is 11.0 Å². The van der Waals surface area contributed by atoms with E-state index in [2.05, 4.69) is 15.8 Å². The predicted octanol–water partition coefficient (Wildman–Crippen LogP) is 2.25. The first-order valence-corrected chi connectivity index (χ1v) is 10.9. The fourth-order valence-electron chi connectivity index (χ4n) is 5.62. The van der Waals surface area contributed by atoms with Gasteiger partial charge in [-0.1, -0.05) is 16.8 Å². The van der Waals surface area contributed by atoms with Gasteiger partial charge in [0.2, 0.25) is 11.8 Å². The number of hydrogen-bond donors (Lipinski definition) is 2. The summed E-state index contributed by atoms with van der Waals surface area (Å²) in [5.41, 5.74) is 1.38. The SMILES string of the molecule is C[C@@H]1CN2c3c(cc4c(C5CC5)noc4c3Cl)CC3(C(=O)NC(=O)NC3=O)[C@H]2[C@H](C)O1. The van der Waals surface area contributed by atoms with E-state index in [1.165, 1.54) is 0 Å². The van der Waals surface area contributed by atoms with Crippen molar-refractivity contribution < 1.29 is 23.6 Å². The molecular weight excluding hydrogens is 424 g/mol. The molecule has 0 unspecified atom stereocenters. The number of anilines is 1. The molecule has 31 heavy (non-hydrogen) atoms. The number of morpholine rings is 1. The quantitative estimate of drug-likeness (QED) is 0.648. The molecule has 1 saturated carbocycles. The molecule has 3 fully saturated rings. The fourth-order valence-corrected chi connectivity index (χ4v) is 5.98. The molecule has 4 amide bonds. The van der Waals surface area contributed by atoms with Gasteiger partial charge in [0.05, 0.1) is 29.6 Å². The van der Waals surface area contributed by atoms with Crippen LogP contribution in [-0.4, -0.2) is 47.8 Å². The third kappa shape index (κ3) is 2.47. The molecule has 0 radical (unpaired) electrons. The molecule has 9 nitrogen and oxygen atoms in total. The van der Waals surface area contributed by atoms with E-state index in [9.17, 15) is 14.4 Å². The second kappa shape index (κ2) is 6.20. The number of barbiturate groups is 1. The molecule has 2 N–H and O–H groups in total. The summed E-state index contributed by atoms with van der Waals surface area (Å²) in [7, 11) is 0. The third-order valence-electron chi connectivity index (χ3n) is 6.96. The molecule has 162 valence electrons. The summed E-state index contributed by atoms with van der Waals surface area (Å²) in [4.78, 5) is 40.3. The van der Waals surface area contributed by atoms with Gasteiger partial charge in [0.25, 0.3) is 0 Å². The molecule has 1 spiro atoms. The fraction of sp³-hybridized carbons (Fsp3) is 0.524. The second-order valence-electron chi connectivity index (χ2n) is 9.05. The van der Waals surface area contributed by atoms with E-state index in [0.29, 0.717) is 23.1 Å². The van der Waals surface area contributed by atoms with Crippen LogP contribution in [0.3, 0.4) is 0 Å². The molecule has 1 aromatic heterocycles. The van der Waals surface area contributed by atoms with Crippen molar-refractivity contribution >= 4 is 46.1 Å². The number of carbonyl (C=O) groups is 3.